The number of hydrogen-bond acceptors (Lipinski definition) is 4. The number of piperazine rings is 1. The van der Waals surface area contributed by atoms with Crippen LogP contribution in [0.5, 0.6) is 0 Å². The molecule has 0 saturated carbocycles. The SMILES string of the molecule is COCc1cnc(N2CCN(C(=O)Nc3ccc([Si](C)(C)C)cc3)C(C)C2)c(Cl)c1. The van der Waals surface area contributed by atoms with Gasteiger partial charge in [0.2, 0.25) is 0 Å². The first-order valence-corrected chi connectivity index (χ1v) is 14.1. The Morgan fingerprint density at radius 3 is 2.53 bits per heavy atom. The standard InChI is InChI=1S/C22H31ClN4O2Si/c1-16-14-26(21-20(23)12-17(13-24-21)15-29-2)10-11-27(16)22(28)25-18-6-8-19(9-7-18)30(3,4)5/h6-9,12-13,16H,10-11,14-15H2,1-5H3,(H,25,28). The number of aromatic nitrogens is 1. The summed E-state index contributed by atoms with van der Waals surface area (Å²) in [7, 11) is 0.302. The minimum absolute atomic E-state index is 0.0384. The molecule has 1 aliphatic rings. The predicted octanol–water partition coefficient (Wildman–Crippen LogP) is 4.17. The highest BCUT2D eigenvalue weighted by atomic mass is 35.5. The van der Waals surface area contributed by atoms with Gasteiger partial charge in [-0.15, -0.1) is 0 Å². The summed E-state index contributed by atoms with van der Waals surface area (Å²) < 4.78 is 5.14. The van der Waals surface area contributed by atoms with Gasteiger partial charge in [0.25, 0.3) is 0 Å². The summed E-state index contributed by atoms with van der Waals surface area (Å²) in [6.45, 7) is 11.4. The van der Waals surface area contributed by atoms with Gasteiger partial charge in [-0.25, -0.2) is 9.78 Å². The number of halogens is 1. The Morgan fingerprint density at radius 2 is 1.97 bits per heavy atom. The van der Waals surface area contributed by atoms with Gasteiger partial charge in [-0.3, -0.25) is 0 Å². The molecule has 3 rings (SSSR count). The summed E-state index contributed by atoms with van der Waals surface area (Å²) in [5.41, 5.74) is 1.77. The van der Waals surface area contributed by atoms with E-state index in [2.05, 4.69) is 47.0 Å². The monoisotopic (exact) mass is 446 g/mol. The molecule has 0 aliphatic carbocycles. The van der Waals surface area contributed by atoms with Crippen LogP contribution in [-0.4, -0.2) is 56.8 Å². The van der Waals surface area contributed by atoms with Gasteiger partial charge in [0, 0.05) is 44.7 Å². The molecule has 6 nitrogen and oxygen atoms in total. The van der Waals surface area contributed by atoms with Crippen molar-refractivity contribution in [3.8, 4) is 0 Å². The molecule has 2 aromatic rings. The maximum atomic E-state index is 12.8. The van der Waals surface area contributed by atoms with Crippen LogP contribution in [0.3, 0.4) is 0 Å². The lowest BCUT2D eigenvalue weighted by atomic mass is 10.2. The predicted molar refractivity (Wildman–Crippen MR) is 127 cm³/mol. The number of carbonyl (C=O) groups is 1. The van der Waals surface area contributed by atoms with Crippen molar-refractivity contribution < 1.29 is 9.53 Å². The summed E-state index contributed by atoms with van der Waals surface area (Å²) in [6.07, 6.45) is 1.79. The second kappa shape index (κ2) is 9.37. The topological polar surface area (TPSA) is 57.7 Å². The summed E-state index contributed by atoms with van der Waals surface area (Å²) >= 11 is 6.45. The lowest BCUT2D eigenvalue weighted by Crippen LogP contribution is -2.55. The Balaban J connectivity index is 1.62. The number of rotatable bonds is 5. The van der Waals surface area contributed by atoms with Crippen molar-refractivity contribution in [3.63, 3.8) is 0 Å². The molecule has 0 bridgehead atoms. The molecule has 0 radical (unpaired) electrons. The molecular formula is C22H31ClN4O2Si. The van der Waals surface area contributed by atoms with E-state index in [0.29, 0.717) is 31.3 Å². The zero-order valence-corrected chi connectivity index (χ0v) is 20.2. The number of benzene rings is 1. The minimum Gasteiger partial charge on any atom is -0.380 e. The van der Waals surface area contributed by atoms with Crippen molar-refractivity contribution in [2.45, 2.75) is 39.2 Å². The molecule has 2 amide bonds. The van der Waals surface area contributed by atoms with E-state index in [-0.39, 0.29) is 12.1 Å². The van der Waals surface area contributed by atoms with Crippen molar-refractivity contribution in [1.29, 1.82) is 0 Å². The van der Waals surface area contributed by atoms with Gasteiger partial charge < -0.3 is 19.9 Å². The fraction of sp³-hybridized carbons (Fsp3) is 0.455. The molecule has 1 unspecified atom stereocenters. The molecule has 8 heteroatoms. The zero-order chi connectivity index (χ0) is 21.9. The van der Waals surface area contributed by atoms with Crippen LogP contribution in [-0.2, 0) is 11.3 Å². The Kier molecular flexibility index (Phi) is 7.05. The number of hydrogen-bond donors (Lipinski definition) is 1. The Morgan fingerprint density at radius 1 is 1.27 bits per heavy atom. The van der Waals surface area contributed by atoms with Gasteiger partial charge in [-0.2, -0.15) is 0 Å². The average molecular weight is 447 g/mol. The third-order valence-corrected chi connectivity index (χ3v) is 7.72. The van der Waals surface area contributed by atoms with Crippen LogP contribution in [0.25, 0.3) is 0 Å². The molecule has 1 N–H and O–H groups in total. The molecule has 1 atom stereocenters. The van der Waals surface area contributed by atoms with E-state index in [0.717, 1.165) is 17.1 Å². The minimum atomic E-state index is -1.34. The third-order valence-electron chi connectivity index (χ3n) is 5.38. The zero-order valence-electron chi connectivity index (χ0n) is 18.4. The third kappa shape index (κ3) is 5.33. The first-order valence-electron chi connectivity index (χ1n) is 10.3. The number of ether oxygens (including phenoxy) is 1. The number of nitrogens with zero attached hydrogens (tertiary/aromatic N) is 3. The van der Waals surface area contributed by atoms with Crippen LogP contribution in [0.1, 0.15) is 12.5 Å². The first kappa shape index (κ1) is 22.6. The number of nitrogens with one attached hydrogen (secondary N) is 1. The van der Waals surface area contributed by atoms with Crippen LogP contribution in [0.4, 0.5) is 16.3 Å². The van der Waals surface area contributed by atoms with E-state index in [1.54, 1.807) is 13.3 Å². The summed E-state index contributed by atoms with van der Waals surface area (Å²) in [4.78, 5) is 21.4. The van der Waals surface area contributed by atoms with E-state index in [9.17, 15) is 4.79 Å². The first-order chi connectivity index (χ1) is 14.2. The fourth-order valence-corrected chi connectivity index (χ4v) is 5.12. The molecule has 1 aliphatic heterocycles. The van der Waals surface area contributed by atoms with E-state index < -0.39 is 8.07 Å². The van der Waals surface area contributed by atoms with Gasteiger partial charge in [0.05, 0.1) is 19.7 Å². The van der Waals surface area contributed by atoms with Crippen molar-refractivity contribution in [3.05, 3.63) is 47.1 Å². The number of anilines is 2. The summed E-state index contributed by atoms with van der Waals surface area (Å²) in [5.74, 6) is 0.755. The van der Waals surface area contributed by atoms with Crippen molar-refractivity contribution in [2.24, 2.45) is 0 Å². The molecule has 0 spiro atoms. The van der Waals surface area contributed by atoms with Gasteiger partial charge in [0.15, 0.2) is 0 Å². The molecule has 30 heavy (non-hydrogen) atoms. The highest BCUT2D eigenvalue weighted by Gasteiger charge is 2.29. The van der Waals surface area contributed by atoms with Crippen LogP contribution in [0.15, 0.2) is 36.5 Å². The molecule has 1 aromatic heterocycles. The van der Waals surface area contributed by atoms with E-state index in [1.807, 2.05) is 30.0 Å². The largest absolute Gasteiger partial charge is 0.380 e. The Hall–Kier alpha value is -2.09. The molecule has 1 aromatic carbocycles. The molecule has 162 valence electrons. The number of amides is 2. The summed E-state index contributed by atoms with van der Waals surface area (Å²) in [5, 5.41) is 5.02. The Labute approximate surface area is 185 Å². The summed E-state index contributed by atoms with van der Waals surface area (Å²) in [6, 6.07) is 10.1. The van der Waals surface area contributed by atoms with Crippen LogP contribution in [0.2, 0.25) is 24.7 Å². The van der Waals surface area contributed by atoms with Gasteiger partial charge >= 0.3 is 6.03 Å². The fourth-order valence-electron chi connectivity index (χ4n) is 3.65. The van der Waals surface area contributed by atoms with Crippen LogP contribution >= 0.6 is 11.6 Å². The maximum Gasteiger partial charge on any atom is 0.322 e. The number of carbonyl (C=O) groups excluding carboxylic acids is 1. The number of pyridine rings is 1. The maximum absolute atomic E-state index is 12.8. The molecule has 1 fully saturated rings. The number of urea groups is 1. The molecule has 1 saturated heterocycles. The number of methoxy groups -OCH3 is 1. The Bertz CT molecular complexity index is 886. The highest BCUT2D eigenvalue weighted by Crippen LogP contribution is 2.27. The quantitative estimate of drug-likeness (QED) is 0.700. The van der Waals surface area contributed by atoms with E-state index in [1.165, 1.54) is 5.19 Å². The average Bonchev–Trinajstić information content (AvgIpc) is 2.68. The van der Waals surface area contributed by atoms with E-state index in [4.69, 9.17) is 16.3 Å². The van der Waals surface area contributed by atoms with Crippen LogP contribution in [0, 0.1) is 0 Å². The molecular weight excluding hydrogens is 416 g/mol. The molecule has 2 heterocycles. The van der Waals surface area contributed by atoms with Crippen molar-refractivity contribution in [1.82, 2.24) is 9.88 Å². The lowest BCUT2D eigenvalue weighted by Gasteiger charge is -2.40. The lowest BCUT2D eigenvalue weighted by molar-refractivity contribution is 0.183. The van der Waals surface area contributed by atoms with Gasteiger partial charge in [-0.1, -0.05) is 48.6 Å². The van der Waals surface area contributed by atoms with Gasteiger partial charge in [-0.05, 0) is 30.7 Å². The highest BCUT2D eigenvalue weighted by molar-refractivity contribution is 6.88. The van der Waals surface area contributed by atoms with Crippen molar-refractivity contribution in [2.75, 3.05) is 37.0 Å². The van der Waals surface area contributed by atoms with Crippen LogP contribution < -0.4 is 15.4 Å². The second-order valence-electron chi connectivity index (χ2n) is 8.83. The second-order valence-corrected chi connectivity index (χ2v) is 14.3. The van der Waals surface area contributed by atoms with Crippen molar-refractivity contribution >= 4 is 42.4 Å². The normalized spacial score (nSPS) is 17.2. The smallest absolute Gasteiger partial charge is 0.322 e. The van der Waals surface area contributed by atoms with E-state index >= 15 is 0 Å². The van der Waals surface area contributed by atoms with Gasteiger partial charge in [0.1, 0.15) is 5.82 Å².